The number of benzene rings is 3. The van der Waals surface area contributed by atoms with E-state index >= 15 is 35.1 Å². The Labute approximate surface area is 521 Å². The van der Waals surface area contributed by atoms with Gasteiger partial charge in [-0.15, -0.1) is 0 Å². The molecule has 0 amide bonds. The molecule has 8 aliphatic carbocycles. The summed E-state index contributed by atoms with van der Waals surface area (Å²) in [5.74, 6) is -118. The molecule has 8 fully saturated rings. The highest BCUT2D eigenvalue weighted by Crippen LogP contribution is 2.67. The van der Waals surface area contributed by atoms with Crippen LogP contribution in [0.2, 0.25) is 0 Å². The topological polar surface area (TPSA) is 31.4 Å². The minimum atomic E-state index is -8.93. The Balaban J connectivity index is 1.05. The van der Waals surface area contributed by atoms with Gasteiger partial charge in [0.2, 0.25) is 11.8 Å². The Morgan fingerprint density at radius 3 is 0.948 bits per heavy atom. The summed E-state index contributed by atoms with van der Waals surface area (Å²) in [4.78, 5) is 2.90. The molecule has 0 radical (unpaired) electrons. The molecule has 8 aliphatic rings. The summed E-state index contributed by atoms with van der Waals surface area (Å²) in [5, 5.41) is 0. The molecule has 4 aromatic rings. The van der Waals surface area contributed by atoms with Gasteiger partial charge in [0.1, 0.15) is 0 Å². The van der Waals surface area contributed by atoms with Crippen molar-refractivity contribution in [3.8, 4) is 45.1 Å². The lowest BCUT2D eigenvalue weighted by Gasteiger charge is -2.57. The molecule has 0 unspecified atom stereocenters. The highest BCUT2D eigenvalue weighted by Gasteiger charge is 2.95. The predicted molar refractivity (Wildman–Crippen MR) is 272 cm³/mol. The van der Waals surface area contributed by atoms with Crippen molar-refractivity contribution in [2.45, 2.75) is 178 Å². The molecule has 0 atom stereocenters. The number of aromatic nitrogens is 1. The van der Waals surface area contributed by atoms with E-state index in [0.29, 0.717) is 52.6 Å². The van der Waals surface area contributed by atoms with E-state index in [0.717, 1.165) is 93.9 Å². The van der Waals surface area contributed by atoms with E-state index < -0.39 is 132 Å². The summed E-state index contributed by atoms with van der Waals surface area (Å²) in [6.07, 6.45) is -1.74. The van der Waals surface area contributed by atoms with Crippen molar-refractivity contribution in [1.29, 1.82) is 0 Å². The molecule has 0 aliphatic heterocycles. The fourth-order valence-corrected chi connectivity index (χ4v) is 15.6. The van der Waals surface area contributed by atoms with E-state index in [2.05, 4.69) is 14.5 Å². The normalized spacial score (nSPS) is 25.8. The lowest BCUT2D eigenvalue weighted by Crippen LogP contribution is -2.74. The molecule has 8 saturated carbocycles. The number of pyridine rings is 1. The standard InChI is InChI=1S/C61H49F32NO2/c62-45(63)50(70,71)54(78,79)58(86,87)60(90,91)56(82,83)52(74,75)48(66,67)25-95-42-20-38(21-43(94-42)96-26-49(68,69)53(76,77)57(84,85)61(92,93)59(88,89)55(80,81)51(72,73)46(64)65)37-18-35(32-1-3-34(4-2-32)44-39-13-27-9-28(15-39)16-40(44)14-27)17-36(19-37)33-5-7-41(8-6-33)47-22-29-10-30(23-47)12-31(11-29)24-47/h1-8,17-21,27-31,39-40,44-46H,9-16,22-26H2. The van der Waals surface area contributed by atoms with Gasteiger partial charge in [0, 0.05) is 12.1 Å². The van der Waals surface area contributed by atoms with Crippen LogP contribution < -0.4 is 9.47 Å². The molecule has 0 saturated heterocycles. The van der Waals surface area contributed by atoms with Crippen molar-refractivity contribution >= 4 is 0 Å². The minimum absolute atomic E-state index is 0.0945. The first kappa shape index (κ1) is 72.9. The quantitative estimate of drug-likeness (QED) is 0.0620. The van der Waals surface area contributed by atoms with Gasteiger partial charge in [-0.05, 0) is 186 Å². The number of halogens is 32. The van der Waals surface area contributed by atoms with Crippen LogP contribution in [0.15, 0.2) is 78.9 Å². The van der Waals surface area contributed by atoms with E-state index in [9.17, 15) is 105 Å². The van der Waals surface area contributed by atoms with E-state index in [-0.39, 0.29) is 34.6 Å². The van der Waals surface area contributed by atoms with Gasteiger partial charge in [0.05, 0.1) is 0 Å². The molecule has 0 spiro atoms. The molecule has 12 rings (SSSR count). The Hall–Kier alpha value is -5.83. The Morgan fingerprint density at radius 2 is 0.615 bits per heavy atom. The highest BCUT2D eigenvalue weighted by molar-refractivity contribution is 5.82. The van der Waals surface area contributed by atoms with E-state index in [4.69, 9.17) is 0 Å². The summed E-state index contributed by atoms with van der Waals surface area (Å²) in [5.41, 5.74) is 0.918. The maximum atomic E-state index is 15.4. The molecular formula is C61H49F32NO2. The van der Waals surface area contributed by atoms with Gasteiger partial charge in [-0.1, -0.05) is 48.5 Å². The number of nitrogens with zero attached hydrogens (tertiary/aromatic N) is 1. The Bertz CT molecular complexity index is 3330. The molecular weight excluding hydrogens is 1390 g/mol. The maximum absolute atomic E-state index is 15.4. The number of hydrogen-bond acceptors (Lipinski definition) is 3. The predicted octanol–water partition coefficient (Wildman–Crippen LogP) is 21.3. The smallest absolute Gasteiger partial charge is 0.385 e. The van der Waals surface area contributed by atoms with Crippen molar-refractivity contribution in [2.24, 2.45) is 41.4 Å². The van der Waals surface area contributed by atoms with Crippen LogP contribution in [0.25, 0.3) is 33.4 Å². The average molecular weight is 1440 g/mol. The van der Waals surface area contributed by atoms with Crippen LogP contribution in [0.4, 0.5) is 140 Å². The largest absolute Gasteiger partial charge is 0.471 e. The molecule has 1 heterocycles. The third-order valence-corrected chi connectivity index (χ3v) is 20.0. The number of ether oxygens (including phenoxy) is 2. The van der Waals surface area contributed by atoms with Gasteiger partial charge in [-0.2, -0.15) is 128 Å². The second kappa shape index (κ2) is 23.1. The van der Waals surface area contributed by atoms with Crippen LogP contribution in [0, 0.1) is 41.4 Å². The first-order valence-corrected chi connectivity index (χ1v) is 29.2. The Kier molecular flexibility index (Phi) is 17.6. The molecule has 534 valence electrons. The maximum Gasteiger partial charge on any atom is 0.385 e. The van der Waals surface area contributed by atoms with Gasteiger partial charge in [-0.3, -0.25) is 0 Å². The van der Waals surface area contributed by atoms with E-state index in [1.165, 1.54) is 6.07 Å². The zero-order valence-electron chi connectivity index (χ0n) is 48.3. The minimum Gasteiger partial charge on any atom is -0.471 e. The van der Waals surface area contributed by atoms with Crippen molar-refractivity contribution in [2.75, 3.05) is 13.2 Å². The van der Waals surface area contributed by atoms with Crippen molar-refractivity contribution in [1.82, 2.24) is 4.98 Å². The Morgan fingerprint density at radius 1 is 0.333 bits per heavy atom. The van der Waals surface area contributed by atoms with Gasteiger partial charge < -0.3 is 9.47 Å². The molecule has 1 aromatic heterocycles. The van der Waals surface area contributed by atoms with Crippen LogP contribution in [-0.4, -0.2) is 114 Å². The van der Waals surface area contributed by atoms with Gasteiger partial charge in [0.25, 0.3) is 0 Å². The van der Waals surface area contributed by atoms with E-state index in [1.807, 2.05) is 0 Å². The summed E-state index contributed by atoms with van der Waals surface area (Å²) in [7, 11) is 0. The second-order valence-electron chi connectivity index (χ2n) is 26.3. The zero-order chi connectivity index (χ0) is 71.6. The fourth-order valence-electron chi connectivity index (χ4n) is 15.6. The summed E-state index contributed by atoms with van der Waals surface area (Å²) in [6, 6.07) is 17.5. The molecule has 0 N–H and O–H groups in total. The first-order chi connectivity index (χ1) is 43.7. The van der Waals surface area contributed by atoms with Crippen molar-refractivity contribution in [3.63, 3.8) is 0 Å². The molecule has 35 heteroatoms. The third kappa shape index (κ3) is 11.0. The second-order valence-corrected chi connectivity index (χ2v) is 26.3. The first-order valence-electron chi connectivity index (χ1n) is 29.2. The number of hydrogen-bond donors (Lipinski definition) is 0. The lowest BCUT2D eigenvalue weighted by molar-refractivity contribution is -0.447. The monoisotopic (exact) mass is 1440 g/mol. The van der Waals surface area contributed by atoms with Crippen LogP contribution in [0.5, 0.6) is 11.8 Å². The van der Waals surface area contributed by atoms with Gasteiger partial charge in [0.15, 0.2) is 13.2 Å². The molecule has 8 bridgehead atoms. The van der Waals surface area contributed by atoms with Crippen molar-refractivity contribution in [3.05, 3.63) is 90.0 Å². The number of alkyl halides is 32. The molecule has 3 aromatic carbocycles. The SMILES string of the molecule is FC(F)C(F)(F)C(F)(F)C(F)(F)C(F)(F)C(F)(F)C(F)(F)C(F)(F)COc1cc(-c2cc(-c3ccc(C4C5CC6CC(C5)CC4C6)cc3)cc(-c3ccc(C45CC6CC(CC(C6)C4)C5)cc3)c2)cc(OCC(F)(F)C(F)(F)C(F)(F)C(F)(F)C(F)(F)C(F)(F)C(F)(F)C(F)F)n1. The average Bonchev–Trinajstić information content (AvgIpc) is 0.695. The third-order valence-electron chi connectivity index (χ3n) is 20.0. The van der Waals surface area contributed by atoms with Crippen molar-refractivity contribution < 1.29 is 150 Å². The fraction of sp³-hybridized carbons (Fsp3) is 0.623. The van der Waals surface area contributed by atoms with Crippen LogP contribution in [0.1, 0.15) is 87.7 Å². The summed E-state index contributed by atoms with van der Waals surface area (Å²) in [6.45, 7) is -7.57. The van der Waals surface area contributed by atoms with E-state index in [1.54, 1.807) is 48.5 Å². The van der Waals surface area contributed by atoms with Crippen LogP contribution in [-0.2, 0) is 5.41 Å². The number of rotatable bonds is 25. The highest BCUT2D eigenvalue weighted by atomic mass is 19.4. The van der Waals surface area contributed by atoms with Crippen LogP contribution in [0.3, 0.4) is 0 Å². The summed E-state index contributed by atoms with van der Waals surface area (Å²) >= 11 is 0. The van der Waals surface area contributed by atoms with Crippen LogP contribution >= 0.6 is 0 Å². The zero-order valence-corrected chi connectivity index (χ0v) is 48.3. The van der Waals surface area contributed by atoms with Gasteiger partial charge >= 0.3 is 95.8 Å². The molecule has 96 heavy (non-hydrogen) atoms. The summed E-state index contributed by atoms with van der Waals surface area (Å²) < 4.78 is 466. The van der Waals surface area contributed by atoms with Gasteiger partial charge in [-0.25, -0.2) is 17.6 Å². The lowest BCUT2D eigenvalue weighted by atomic mass is 9.48. The molecule has 3 nitrogen and oxygen atoms in total.